The third-order valence-corrected chi connectivity index (χ3v) is 4.87. The van der Waals surface area contributed by atoms with Crippen LogP contribution >= 0.6 is 0 Å². The van der Waals surface area contributed by atoms with E-state index in [9.17, 15) is 9.90 Å². The van der Waals surface area contributed by atoms with Crippen molar-refractivity contribution in [1.29, 1.82) is 0 Å². The van der Waals surface area contributed by atoms with Crippen LogP contribution in [-0.4, -0.2) is 29.6 Å². The molecule has 2 saturated heterocycles. The Bertz CT molecular complexity index is 391. The van der Waals surface area contributed by atoms with Gasteiger partial charge in [0, 0.05) is 6.92 Å². The van der Waals surface area contributed by atoms with Crippen LogP contribution in [0.1, 0.15) is 39.0 Å². The second kappa shape index (κ2) is 4.07. The Morgan fingerprint density at radius 3 is 3.06 bits per heavy atom. The van der Waals surface area contributed by atoms with Gasteiger partial charge in [-0.2, -0.15) is 0 Å². The van der Waals surface area contributed by atoms with Crippen molar-refractivity contribution in [2.75, 3.05) is 0 Å². The van der Waals surface area contributed by atoms with Crippen molar-refractivity contribution < 1.29 is 19.4 Å². The molecule has 2 heterocycles. The monoisotopic (exact) mass is 252 g/mol. The lowest BCUT2D eigenvalue weighted by Crippen LogP contribution is -2.64. The van der Waals surface area contributed by atoms with E-state index in [4.69, 9.17) is 9.47 Å². The van der Waals surface area contributed by atoms with Crippen LogP contribution < -0.4 is 0 Å². The molecule has 5 atom stereocenters. The molecule has 1 spiro atoms. The van der Waals surface area contributed by atoms with Crippen LogP contribution in [0.4, 0.5) is 0 Å². The SMILES string of the molecule is C=C1C[C@H]2C[C@@H]3CCC[C@H](O)[C@@]13[C@@H](OC(C)=O)O2. The van der Waals surface area contributed by atoms with Gasteiger partial charge in [0.2, 0.25) is 6.29 Å². The highest BCUT2D eigenvalue weighted by atomic mass is 16.7. The molecule has 100 valence electrons. The summed E-state index contributed by atoms with van der Waals surface area (Å²) in [6.07, 6.45) is 3.51. The average molecular weight is 252 g/mol. The van der Waals surface area contributed by atoms with Gasteiger partial charge in [-0.25, -0.2) is 0 Å². The number of aliphatic hydroxyl groups excluding tert-OH is 1. The maximum Gasteiger partial charge on any atom is 0.304 e. The van der Waals surface area contributed by atoms with Gasteiger partial charge in [0.25, 0.3) is 0 Å². The van der Waals surface area contributed by atoms with Crippen molar-refractivity contribution >= 4 is 5.97 Å². The molecular formula is C14H20O4. The molecule has 1 N–H and O–H groups in total. The Kier molecular flexibility index (Phi) is 2.75. The van der Waals surface area contributed by atoms with Gasteiger partial charge in [-0.3, -0.25) is 4.79 Å². The van der Waals surface area contributed by atoms with E-state index in [1.165, 1.54) is 6.92 Å². The van der Waals surface area contributed by atoms with E-state index in [0.717, 1.165) is 37.7 Å². The second-order valence-electron chi connectivity index (χ2n) is 5.82. The van der Waals surface area contributed by atoms with Gasteiger partial charge >= 0.3 is 5.97 Å². The molecule has 4 fully saturated rings. The Labute approximate surface area is 107 Å². The molecule has 4 heteroatoms. The minimum atomic E-state index is -0.643. The molecule has 0 aromatic rings. The number of hydrogen-bond donors (Lipinski definition) is 1. The quantitative estimate of drug-likeness (QED) is 0.571. The smallest absolute Gasteiger partial charge is 0.304 e. The highest BCUT2D eigenvalue weighted by Gasteiger charge is 2.63. The standard InChI is InChI=1S/C14H20O4/c1-8-6-11-7-10-4-3-5-12(16)14(8,10)13(18-11)17-9(2)15/h10-13,16H,1,3-7H2,2H3/t10-,11-,12-,13-,14+/m0/s1. The fourth-order valence-corrected chi connectivity index (χ4v) is 4.18. The third-order valence-electron chi connectivity index (χ3n) is 4.87. The molecule has 0 radical (unpaired) electrons. The first-order valence-electron chi connectivity index (χ1n) is 6.74. The lowest BCUT2D eigenvalue weighted by Gasteiger charge is -2.60. The minimum Gasteiger partial charge on any atom is -0.435 e. The molecule has 0 amide bonds. The van der Waals surface area contributed by atoms with Crippen LogP contribution in [0.15, 0.2) is 12.2 Å². The number of rotatable bonds is 1. The van der Waals surface area contributed by atoms with Crippen LogP contribution in [0.25, 0.3) is 0 Å². The van der Waals surface area contributed by atoms with Crippen molar-refractivity contribution in [3.63, 3.8) is 0 Å². The van der Waals surface area contributed by atoms with Gasteiger partial charge in [-0.1, -0.05) is 18.6 Å². The van der Waals surface area contributed by atoms with E-state index >= 15 is 0 Å². The zero-order chi connectivity index (χ0) is 12.9. The third kappa shape index (κ3) is 1.48. The summed E-state index contributed by atoms with van der Waals surface area (Å²) in [5.41, 5.74) is 0.451. The molecule has 2 saturated carbocycles. The highest BCUT2D eigenvalue weighted by molar-refractivity contribution is 5.66. The number of aliphatic hydroxyl groups is 1. The van der Waals surface area contributed by atoms with Gasteiger partial charge in [-0.05, 0) is 31.6 Å². The van der Waals surface area contributed by atoms with Crippen molar-refractivity contribution in [2.45, 2.75) is 57.5 Å². The van der Waals surface area contributed by atoms with E-state index in [-0.39, 0.29) is 12.1 Å². The van der Waals surface area contributed by atoms with E-state index in [1.54, 1.807) is 0 Å². The summed E-state index contributed by atoms with van der Waals surface area (Å²) in [6, 6.07) is 0. The van der Waals surface area contributed by atoms with Gasteiger partial charge in [0.1, 0.15) is 0 Å². The molecular weight excluding hydrogens is 232 g/mol. The maximum atomic E-state index is 11.3. The summed E-state index contributed by atoms with van der Waals surface area (Å²) in [7, 11) is 0. The zero-order valence-electron chi connectivity index (χ0n) is 10.7. The van der Waals surface area contributed by atoms with Crippen LogP contribution in [0.3, 0.4) is 0 Å². The summed E-state index contributed by atoms with van der Waals surface area (Å²) in [5, 5.41) is 10.5. The van der Waals surface area contributed by atoms with Gasteiger partial charge in [0.05, 0.1) is 17.6 Å². The predicted octanol–water partition coefficient (Wildman–Crippen LogP) is 1.77. The summed E-state index contributed by atoms with van der Waals surface area (Å²) < 4.78 is 11.2. The topological polar surface area (TPSA) is 55.8 Å². The summed E-state index contributed by atoms with van der Waals surface area (Å²) >= 11 is 0. The Morgan fingerprint density at radius 2 is 2.33 bits per heavy atom. The predicted molar refractivity (Wildman–Crippen MR) is 64.6 cm³/mol. The first-order chi connectivity index (χ1) is 8.55. The Hall–Kier alpha value is -0.870. The average Bonchev–Trinajstić information content (AvgIpc) is 2.27. The molecule has 4 aliphatic rings. The fourth-order valence-electron chi connectivity index (χ4n) is 4.18. The minimum absolute atomic E-state index is 0.0963. The molecule has 2 aliphatic heterocycles. The molecule has 4 nitrogen and oxygen atoms in total. The number of ether oxygens (including phenoxy) is 2. The molecule has 2 bridgehead atoms. The van der Waals surface area contributed by atoms with Crippen LogP contribution in [0.2, 0.25) is 0 Å². The molecule has 18 heavy (non-hydrogen) atoms. The number of carbonyl (C=O) groups excluding carboxylic acids is 1. The number of esters is 1. The van der Waals surface area contributed by atoms with Crippen LogP contribution in [-0.2, 0) is 14.3 Å². The normalized spacial score (nSPS) is 46.7. The number of fused-ring (bicyclic) bond motifs is 2. The summed E-state index contributed by atoms with van der Waals surface area (Å²) in [5.74, 6) is -0.0168. The molecule has 2 aliphatic carbocycles. The van der Waals surface area contributed by atoms with E-state index in [0.29, 0.717) is 5.92 Å². The van der Waals surface area contributed by atoms with Gasteiger partial charge < -0.3 is 14.6 Å². The Balaban J connectivity index is 2.01. The largest absolute Gasteiger partial charge is 0.435 e. The van der Waals surface area contributed by atoms with E-state index in [2.05, 4.69) is 6.58 Å². The lowest BCUT2D eigenvalue weighted by molar-refractivity contribution is -0.300. The van der Waals surface area contributed by atoms with Crippen molar-refractivity contribution in [2.24, 2.45) is 11.3 Å². The Morgan fingerprint density at radius 1 is 1.56 bits per heavy atom. The summed E-state index contributed by atoms with van der Waals surface area (Å²) in [6.45, 7) is 5.53. The lowest BCUT2D eigenvalue weighted by atomic mass is 9.53. The molecule has 0 unspecified atom stereocenters. The van der Waals surface area contributed by atoms with Crippen molar-refractivity contribution in [3.05, 3.63) is 12.2 Å². The highest BCUT2D eigenvalue weighted by Crippen LogP contribution is 2.60. The van der Waals surface area contributed by atoms with E-state index in [1.807, 2.05) is 0 Å². The van der Waals surface area contributed by atoms with Crippen LogP contribution in [0.5, 0.6) is 0 Å². The maximum absolute atomic E-state index is 11.3. The van der Waals surface area contributed by atoms with Crippen molar-refractivity contribution in [1.82, 2.24) is 0 Å². The molecule has 4 rings (SSSR count). The molecule has 0 aromatic carbocycles. The molecule has 0 aromatic heterocycles. The van der Waals surface area contributed by atoms with Gasteiger partial charge in [-0.15, -0.1) is 0 Å². The number of hydrogen-bond acceptors (Lipinski definition) is 4. The first kappa shape index (κ1) is 12.2. The first-order valence-corrected chi connectivity index (χ1v) is 6.74. The fraction of sp³-hybridized carbons (Fsp3) is 0.786. The van der Waals surface area contributed by atoms with Gasteiger partial charge in [0.15, 0.2) is 0 Å². The van der Waals surface area contributed by atoms with Crippen LogP contribution in [0, 0.1) is 11.3 Å². The number of carbonyl (C=O) groups is 1. The zero-order valence-corrected chi connectivity index (χ0v) is 10.7. The van der Waals surface area contributed by atoms with Crippen molar-refractivity contribution in [3.8, 4) is 0 Å². The summed E-state index contributed by atoms with van der Waals surface area (Å²) in [4.78, 5) is 11.3. The van der Waals surface area contributed by atoms with E-state index < -0.39 is 17.8 Å². The second-order valence-corrected chi connectivity index (χ2v) is 5.82.